The van der Waals surface area contributed by atoms with Gasteiger partial charge in [0, 0.05) is 103 Å². The van der Waals surface area contributed by atoms with Crippen molar-refractivity contribution < 1.29 is 59.1 Å². The van der Waals surface area contributed by atoms with Crippen molar-refractivity contribution in [2.24, 2.45) is 20.0 Å². The summed E-state index contributed by atoms with van der Waals surface area (Å²) < 4.78 is 0. The van der Waals surface area contributed by atoms with Gasteiger partial charge >= 0.3 is 19.5 Å². The Balaban J connectivity index is 0.000000729. The van der Waals surface area contributed by atoms with Gasteiger partial charge in [0.2, 0.25) is 0 Å². The second-order valence-corrected chi connectivity index (χ2v) is 11.7. The largest absolute Gasteiger partial charge is 4.00 e. The molecule has 0 aliphatic heterocycles. The zero-order valence-electron chi connectivity index (χ0n) is 33.8. The van der Waals surface area contributed by atoms with Crippen LogP contribution in [0.3, 0.4) is 0 Å². The summed E-state index contributed by atoms with van der Waals surface area (Å²) in [5.74, 6) is -4.98. The molecule has 4 aliphatic rings. The predicted octanol–water partition coefficient (Wildman–Crippen LogP) is -0.281. The van der Waals surface area contributed by atoms with Gasteiger partial charge in [-0.15, -0.1) is 0 Å². The van der Waals surface area contributed by atoms with Crippen molar-refractivity contribution in [1.29, 1.82) is 0 Å². The number of carboxylic acid groups (broad SMARTS) is 4. The van der Waals surface area contributed by atoms with Gasteiger partial charge in [-0.3, -0.25) is 20.0 Å². The van der Waals surface area contributed by atoms with Crippen molar-refractivity contribution in [3.63, 3.8) is 0 Å². The van der Waals surface area contributed by atoms with Crippen LogP contribution in [0.2, 0.25) is 0 Å². The molecule has 0 N–H and O–H groups in total. The molecule has 0 radical (unpaired) electrons. The first-order valence-corrected chi connectivity index (χ1v) is 18.1. The number of carbonyl (C=O) groups excluding carboxylic acids is 4. The van der Waals surface area contributed by atoms with Crippen LogP contribution >= 0.6 is 0 Å². The Kier molecular flexibility index (Phi) is 25.0. The van der Waals surface area contributed by atoms with E-state index in [1.807, 2.05) is 72.9 Å². The molecule has 0 heterocycles. The number of hydrogen-bond donors (Lipinski definition) is 0. The Bertz CT molecular complexity index is 1530. The van der Waals surface area contributed by atoms with Gasteiger partial charge < -0.3 is 59.2 Å². The van der Waals surface area contributed by atoms with Gasteiger partial charge in [0.25, 0.3) is 0 Å². The van der Waals surface area contributed by atoms with E-state index in [4.69, 9.17) is 0 Å². The molecule has 0 atom stereocenters. The Morgan fingerprint density at radius 1 is 0.439 bits per heavy atom. The van der Waals surface area contributed by atoms with E-state index in [0.717, 1.165) is 48.5 Å². The topological polar surface area (TPSA) is 223 Å². The van der Waals surface area contributed by atoms with E-state index in [2.05, 4.69) is 20.0 Å². The molecular weight excluding hydrogens is 822 g/mol. The summed E-state index contributed by atoms with van der Waals surface area (Å²) >= 11 is 0. The van der Waals surface area contributed by atoms with Gasteiger partial charge in [0.05, 0.1) is 0 Å². The third-order valence-electron chi connectivity index (χ3n) is 7.96. The quantitative estimate of drug-likeness (QED) is 0.175. The molecule has 0 amide bonds. The number of nitrogens with zero attached hydrogens (tertiary/aromatic N) is 8. The maximum atomic E-state index is 10.8. The van der Waals surface area contributed by atoms with Gasteiger partial charge in [-0.2, -0.15) is 0 Å². The smallest absolute Gasteiger partial charge is 0.542 e. The second kappa shape index (κ2) is 27.8. The molecular formula is C40H52N8O8Ru. The van der Waals surface area contributed by atoms with E-state index in [-0.39, 0.29) is 42.8 Å². The Labute approximate surface area is 348 Å². The number of likely N-dealkylation sites (N-methyl/N-ethyl adjacent to an activating group) is 4. The van der Waals surface area contributed by atoms with Crippen LogP contribution in [0.1, 0.15) is 53.4 Å². The van der Waals surface area contributed by atoms with Crippen LogP contribution in [0.4, 0.5) is 0 Å². The van der Waals surface area contributed by atoms with Gasteiger partial charge in [-0.05, 0) is 52.0 Å². The minimum atomic E-state index is -1.23. The van der Waals surface area contributed by atoms with E-state index in [9.17, 15) is 39.6 Å². The average Bonchev–Trinajstić information content (AvgIpc) is 4.01. The number of allylic oxidation sites excluding steroid dienone is 12. The first kappa shape index (κ1) is 51.3. The van der Waals surface area contributed by atoms with Gasteiger partial charge in [0.15, 0.2) is 23.3 Å². The summed E-state index contributed by atoms with van der Waals surface area (Å²) in [6, 6.07) is 0. The number of carbonyl (C=O) groups is 4. The molecule has 0 bridgehead atoms. The molecule has 57 heavy (non-hydrogen) atoms. The molecule has 0 unspecified atom stereocenters. The van der Waals surface area contributed by atoms with Crippen LogP contribution in [0.25, 0.3) is 0 Å². The molecule has 0 aromatic rings. The van der Waals surface area contributed by atoms with Crippen molar-refractivity contribution in [1.82, 2.24) is 19.6 Å². The standard InChI is InChI=1S/4C10H14N2O2.Ru/c4*1-3-11-9(10(13)14)12(2)8-6-4-5-7-8;/h4*4-6H,3,7H2,1-2H3,(H,13,14);/q;;;;+4/p-4. The van der Waals surface area contributed by atoms with Crippen LogP contribution in [-0.4, -0.2) is 121 Å². The van der Waals surface area contributed by atoms with E-state index in [1.165, 1.54) is 0 Å². The maximum absolute atomic E-state index is 10.8. The van der Waals surface area contributed by atoms with E-state index in [0.29, 0.717) is 26.2 Å². The molecule has 4 aliphatic carbocycles. The molecule has 4 rings (SSSR count). The zero-order chi connectivity index (χ0) is 42.2. The number of aliphatic carboxylic acids is 4. The van der Waals surface area contributed by atoms with Crippen LogP contribution in [0.5, 0.6) is 0 Å². The molecule has 0 saturated carbocycles. The number of amidine groups is 4. The SMILES string of the molecule is CCN=C(C(=O)[O-])N(C)C1=CC=CC1.CCN=C(C(=O)[O-])N(C)C1=CC=CC1.CCN=C(C(=O)[O-])N(C)C1=CC=CC1.CCN=C(C(=O)[O-])N(C)C1=CC=CC1.[Ru+4]. The summed E-state index contributed by atoms with van der Waals surface area (Å²) in [5, 5.41) is 43.0. The van der Waals surface area contributed by atoms with Crippen molar-refractivity contribution in [2.45, 2.75) is 53.4 Å². The molecule has 0 aromatic heterocycles. The number of carboxylic acids is 4. The Hall–Kier alpha value is -5.70. The van der Waals surface area contributed by atoms with Crippen LogP contribution in [0.15, 0.2) is 116 Å². The summed E-state index contributed by atoms with van der Waals surface area (Å²) in [7, 11) is 6.73. The van der Waals surface area contributed by atoms with Crippen LogP contribution < -0.4 is 20.4 Å². The van der Waals surface area contributed by atoms with Gasteiger partial charge in [-0.1, -0.05) is 48.6 Å². The summed E-state index contributed by atoms with van der Waals surface area (Å²) in [6.07, 6.45) is 25.9. The van der Waals surface area contributed by atoms with Gasteiger partial charge in [0.1, 0.15) is 23.9 Å². The first-order valence-electron chi connectivity index (χ1n) is 18.1. The number of rotatable bonds is 8. The maximum Gasteiger partial charge on any atom is 4.00 e. The zero-order valence-corrected chi connectivity index (χ0v) is 35.5. The van der Waals surface area contributed by atoms with Crippen molar-refractivity contribution in [3.8, 4) is 0 Å². The molecule has 0 saturated heterocycles. The van der Waals surface area contributed by atoms with Crippen molar-refractivity contribution in [3.05, 3.63) is 95.7 Å². The van der Waals surface area contributed by atoms with E-state index < -0.39 is 23.9 Å². The monoisotopic (exact) mass is 874 g/mol. The molecule has 17 heteroatoms. The summed E-state index contributed by atoms with van der Waals surface area (Å²) in [5.41, 5.74) is 3.67. The van der Waals surface area contributed by atoms with Gasteiger partial charge in [-0.25, -0.2) is 0 Å². The third-order valence-corrected chi connectivity index (χ3v) is 7.96. The summed E-state index contributed by atoms with van der Waals surface area (Å²) in [4.78, 5) is 64.8. The van der Waals surface area contributed by atoms with E-state index >= 15 is 0 Å². The van der Waals surface area contributed by atoms with Crippen LogP contribution in [0, 0.1) is 0 Å². The summed E-state index contributed by atoms with van der Waals surface area (Å²) in [6.45, 7) is 8.91. The van der Waals surface area contributed by atoms with E-state index in [1.54, 1.807) is 75.5 Å². The average molecular weight is 874 g/mol. The minimum Gasteiger partial charge on any atom is -0.542 e. The molecule has 16 nitrogen and oxygen atoms in total. The van der Waals surface area contributed by atoms with Crippen LogP contribution in [-0.2, 0) is 38.7 Å². The van der Waals surface area contributed by atoms with Crippen molar-refractivity contribution in [2.75, 3.05) is 54.4 Å². The fourth-order valence-electron chi connectivity index (χ4n) is 5.11. The minimum absolute atomic E-state index is 0. The Morgan fingerprint density at radius 2 is 0.614 bits per heavy atom. The fourth-order valence-corrected chi connectivity index (χ4v) is 5.11. The number of aliphatic imine (C=N–C) groups is 4. The molecule has 0 aromatic carbocycles. The molecule has 0 fully saturated rings. The fraction of sp³-hybridized carbons (Fsp3) is 0.400. The normalized spacial score (nSPS) is 15.3. The predicted molar refractivity (Wildman–Crippen MR) is 210 cm³/mol. The Morgan fingerprint density at radius 3 is 0.719 bits per heavy atom. The third kappa shape index (κ3) is 17.3. The second-order valence-electron chi connectivity index (χ2n) is 11.7. The number of hydrogen-bond acceptors (Lipinski definition) is 12. The molecule has 308 valence electrons. The van der Waals surface area contributed by atoms with Crippen molar-refractivity contribution >= 4 is 47.2 Å². The first-order chi connectivity index (χ1) is 26.7. The molecule has 0 spiro atoms.